The quantitative estimate of drug-likeness (QED) is 0.735. The highest BCUT2D eigenvalue weighted by Gasteiger charge is 2.50. The molecule has 2 saturated heterocycles. The van der Waals surface area contributed by atoms with Gasteiger partial charge in [0.05, 0.1) is 30.3 Å². The zero-order valence-electron chi connectivity index (χ0n) is 16.9. The topological polar surface area (TPSA) is 99.3 Å². The van der Waals surface area contributed by atoms with E-state index in [2.05, 4.69) is 5.32 Å². The van der Waals surface area contributed by atoms with Crippen molar-refractivity contribution in [3.8, 4) is 0 Å². The van der Waals surface area contributed by atoms with Crippen molar-refractivity contribution in [1.82, 2.24) is 15.1 Å². The molecule has 9 nitrogen and oxygen atoms in total. The second-order valence-corrected chi connectivity index (χ2v) is 7.72. The number of nitrogens with zero attached hydrogens (tertiary/aromatic N) is 3. The molecule has 0 bridgehead atoms. The van der Waals surface area contributed by atoms with Crippen LogP contribution in [0, 0.1) is 5.92 Å². The standard InChI is InChI=1S/C21H24N4O5/c1-23-12-15(18(26)24-10-8-13(9-11-24)20(28)30-2)16-17(23)19(27)25(21(29)22-16)14-6-4-3-5-7-14/h3-7,12-13,16-17H,8-11H2,1-2H3,(H,22,29). The average Bonchev–Trinajstić information content (AvgIpc) is 3.09. The Kier molecular flexibility index (Phi) is 5.19. The van der Waals surface area contributed by atoms with Gasteiger partial charge in [-0.25, -0.2) is 9.69 Å². The van der Waals surface area contributed by atoms with Crippen molar-refractivity contribution in [2.24, 2.45) is 5.92 Å². The van der Waals surface area contributed by atoms with Gasteiger partial charge in [-0.3, -0.25) is 14.4 Å². The minimum atomic E-state index is -0.708. The Bertz CT molecular complexity index is 907. The van der Waals surface area contributed by atoms with Gasteiger partial charge in [0.15, 0.2) is 0 Å². The summed E-state index contributed by atoms with van der Waals surface area (Å²) in [6, 6.07) is 6.76. The molecule has 4 rings (SSSR count). The summed E-state index contributed by atoms with van der Waals surface area (Å²) < 4.78 is 4.79. The van der Waals surface area contributed by atoms with Crippen LogP contribution in [0.1, 0.15) is 12.8 Å². The minimum absolute atomic E-state index is 0.206. The van der Waals surface area contributed by atoms with E-state index in [9.17, 15) is 19.2 Å². The van der Waals surface area contributed by atoms with Gasteiger partial charge in [0.25, 0.3) is 11.8 Å². The van der Waals surface area contributed by atoms with Crippen molar-refractivity contribution in [2.45, 2.75) is 24.9 Å². The number of para-hydroxylation sites is 1. The molecule has 1 N–H and O–H groups in total. The fraction of sp³-hybridized carbons (Fsp3) is 0.429. The van der Waals surface area contributed by atoms with Gasteiger partial charge in [0.1, 0.15) is 6.04 Å². The summed E-state index contributed by atoms with van der Waals surface area (Å²) in [5.74, 6) is -1.06. The molecule has 1 aromatic carbocycles. The summed E-state index contributed by atoms with van der Waals surface area (Å²) in [6.45, 7) is 0.851. The van der Waals surface area contributed by atoms with Crippen LogP contribution in [0.3, 0.4) is 0 Å². The average molecular weight is 412 g/mol. The lowest BCUT2D eigenvalue weighted by Crippen LogP contribution is -2.65. The third-order valence-electron chi connectivity index (χ3n) is 5.97. The molecule has 158 valence electrons. The molecule has 1 aromatic rings. The van der Waals surface area contributed by atoms with Gasteiger partial charge in [-0.05, 0) is 25.0 Å². The van der Waals surface area contributed by atoms with Gasteiger partial charge in [0, 0.05) is 26.3 Å². The smallest absolute Gasteiger partial charge is 0.329 e. The Labute approximate surface area is 174 Å². The maximum atomic E-state index is 13.2. The van der Waals surface area contributed by atoms with Crippen LogP contribution in [0.15, 0.2) is 42.1 Å². The van der Waals surface area contributed by atoms with Crippen molar-refractivity contribution in [3.63, 3.8) is 0 Å². The molecule has 9 heteroatoms. The maximum Gasteiger partial charge on any atom is 0.329 e. The number of amides is 4. The van der Waals surface area contributed by atoms with Gasteiger partial charge in [-0.2, -0.15) is 0 Å². The Morgan fingerprint density at radius 3 is 2.40 bits per heavy atom. The molecular weight excluding hydrogens is 388 g/mol. The summed E-state index contributed by atoms with van der Waals surface area (Å²) in [7, 11) is 3.08. The molecule has 30 heavy (non-hydrogen) atoms. The van der Waals surface area contributed by atoms with Gasteiger partial charge >= 0.3 is 12.0 Å². The number of nitrogens with one attached hydrogen (secondary N) is 1. The Balaban J connectivity index is 1.50. The lowest BCUT2D eigenvalue weighted by atomic mass is 9.94. The molecule has 2 atom stereocenters. The van der Waals surface area contributed by atoms with Gasteiger partial charge in [0.2, 0.25) is 0 Å². The Hall–Kier alpha value is -3.36. The van der Waals surface area contributed by atoms with Crippen molar-refractivity contribution < 1.29 is 23.9 Å². The highest BCUT2D eigenvalue weighted by Crippen LogP contribution is 2.31. The first-order valence-electron chi connectivity index (χ1n) is 9.92. The molecule has 3 aliphatic heterocycles. The second-order valence-electron chi connectivity index (χ2n) is 7.72. The summed E-state index contributed by atoms with van der Waals surface area (Å²) in [5, 5.41) is 2.83. The maximum absolute atomic E-state index is 13.2. The summed E-state index contributed by atoms with van der Waals surface area (Å²) in [6.07, 6.45) is 2.70. The number of rotatable bonds is 3. The number of methoxy groups -OCH3 is 1. The van der Waals surface area contributed by atoms with Crippen LogP contribution in [0.2, 0.25) is 0 Å². The van der Waals surface area contributed by atoms with Crippen LogP contribution in [-0.2, 0) is 19.1 Å². The van der Waals surface area contributed by atoms with E-state index in [1.54, 1.807) is 47.3 Å². The largest absolute Gasteiger partial charge is 0.469 e. The van der Waals surface area contributed by atoms with E-state index < -0.39 is 18.1 Å². The first kappa shape index (κ1) is 19.9. The lowest BCUT2D eigenvalue weighted by molar-refractivity contribution is -0.148. The molecule has 3 heterocycles. The highest BCUT2D eigenvalue weighted by atomic mass is 16.5. The molecule has 0 aliphatic carbocycles. The number of hydrogen-bond acceptors (Lipinski definition) is 6. The number of hydrogen-bond donors (Lipinski definition) is 1. The van der Waals surface area contributed by atoms with Crippen LogP contribution in [0.5, 0.6) is 0 Å². The lowest BCUT2D eigenvalue weighted by Gasteiger charge is -2.38. The van der Waals surface area contributed by atoms with E-state index in [1.807, 2.05) is 6.07 Å². The van der Waals surface area contributed by atoms with E-state index in [0.717, 1.165) is 4.90 Å². The molecule has 4 amide bonds. The number of carbonyl (C=O) groups is 4. The van der Waals surface area contributed by atoms with Crippen LogP contribution >= 0.6 is 0 Å². The van der Waals surface area contributed by atoms with Crippen LogP contribution in [-0.4, -0.2) is 72.9 Å². The van der Waals surface area contributed by atoms with E-state index in [1.165, 1.54) is 7.11 Å². The molecule has 0 saturated carbocycles. The van der Waals surface area contributed by atoms with Crippen molar-refractivity contribution in [1.29, 1.82) is 0 Å². The molecule has 0 spiro atoms. The fourth-order valence-electron chi connectivity index (χ4n) is 4.37. The number of likely N-dealkylation sites (tertiary alicyclic amines) is 1. The molecule has 0 radical (unpaired) electrons. The van der Waals surface area contributed by atoms with Gasteiger partial charge in [-0.15, -0.1) is 0 Å². The van der Waals surface area contributed by atoms with E-state index >= 15 is 0 Å². The first-order chi connectivity index (χ1) is 14.4. The second kappa shape index (κ2) is 7.81. The fourth-order valence-corrected chi connectivity index (χ4v) is 4.37. The number of likely N-dealkylation sites (N-methyl/N-ethyl adjacent to an activating group) is 1. The van der Waals surface area contributed by atoms with Gasteiger partial charge < -0.3 is 19.9 Å². The third-order valence-corrected chi connectivity index (χ3v) is 5.97. The van der Waals surface area contributed by atoms with Crippen molar-refractivity contribution >= 4 is 29.5 Å². The predicted octanol–water partition coefficient (Wildman–Crippen LogP) is 0.721. The molecular formula is C21H24N4O5. The summed E-state index contributed by atoms with van der Waals surface area (Å²) in [4.78, 5) is 55.2. The Morgan fingerprint density at radius 2 is 1.77 bits per heavy atom. The molecule has 0 aromatic heterocycles. The van der Waals surface area contributed by atoms with Gasteiger partial charge in [-0.1, -0.05) is 18.2 Å². The number of fused-ring (bicyclic) bond motifs is 1. The number of carbonyl (C=O) groups excluding carboxylic acids is 4. The monoisotopic (exact) mass is 412 g/mol. The number of urea groups is 1. The van der Waals surface area contributed by atoms with E-state index in [0.29, 0.717) is 37.2 Å². The third kappa shape index (κ3) is 3.30. The van der Waals surface area contributed by atoms with E-state index in [4.69, 9.17) is 4.74 Å². The Morgan fingerprint density at radius 1 is 1.10 bits per heavy atom. The molecule has 3 aliphatic rings. The SMILES string of the molecule is COC(=O)C1CCN(C(=O)C2=CN(C)C3C(=O)N(c4ccccc4)C(=O)NC23)CC1. The van der Waals surface area contributed by atoms with E-state index in [-0.39, 0.29) is 23.7 Å². The zero-order chi connectivity index (χ0) is 21.4. The predicted molar refractivity (Wildman–Crippen MR) is 107 cm³/mol. The number of imide groups is 1. The van der Waals surface area contributed by atoms with Crippen LogP contribution in [0.4, 0.5) is 10.5 Å². The van der Waals surface area contributed by atoms with Crippen molar-refractivity contribution in [3.05, 3.63) is 42.1 Å². The van der Waals surface area contributed by atoms with Crippen molar-refractivity contribution in [2.75, 3.05) is 32.1 Å². The van der Waals surface area contributed by atoms with Crippen LogP contribution in [0.25, 0.3) is 0 Å². The molecule has 2 fully saturated rings. The number of ether oxygens (including phenoxy) is 1. The number of benzene rings is 1. The number of esters is 1. The normalized spacial score (nSPS) is 24.3. The number of piperidine rings is 1. The number of anilines is 1. The summed E-state index contributed by atoms with van der Waals surface area (Å²) >= 11 is 0. The minimum Gasteiger partial charge on any atom is -0.469 e. The molecule has 2 unspecified atom stereocenters. The first-order valence-corrected chi connectivity index (χ1v) is 9.92. The highest BCUT2D eigenvalue weighted by molar-refractivity contribution is 6.19. The van der Waals surface area contributed by atoms with Crippen LogP contribution < -0.4 is 10.2 Å². The zero-order valence-corrected chi connectivity index (χ0v) is 16.9. The summed E-state index contributed by atoms with van der Waals surface area (Å²) in [5.41, 5.74) is 0.866.